The van der Waals surface area contributed by atoms with Gasteiger partial charge in [0, 0.05) is 0 Å². The second kappa shape index (κ2) is 7.54. The van der Waals surface area contributed by atoms with Crippen LogP contribution in [0.5, 0.6) is 5.75 Å². The predicted octanol–water partition coefficient (Wildman–Crippen LogP) is 4.60. The quantitative estimate of drug-likeness (QED) is 0.665. The third-order valence-corrected chi connectivity index (χ3v) is 3.41. The molecule has 2 aromatic carbocycles. The van der Waals surface area contributed by atoms with Gasteiger partial charge in [0.05, 0.1) is 0 Å². The molecule has 0 bridgehead atoms. The van der Waals surface area contributed by atoms with Gasteiger partial charge in [0.25, 0.3) is 0 Å². The fourth-order valence-electron chi connectivity index (χ4n) is 2.28. The van der Waals surface area contributed by atoms with Gasteiger partial charge in [-0.05, 0) is 42.0 Å². The lowest BCUT2D eigenvalue weighted by Crippen LogP contribution is -1.99. The SMILES string of the molecule is C=CCOc1ccccc1CCc1cccc(CC)c1. The third kappa shape index (κ3) is 3.99. The van der Waals surface area contributed by atoms with E-state index in [1.165, 1.54) is 16.7 Å². The lowest BCUT2D eigenvalue weighted by Gasteiger charge is -2.10. The van der Waals surface area contributed by atoms with Gasteiger partial charge < -0.3 is 4.74 Å². The molecule has 1 heteroatoms. The monoisotopic (exact) mass is 266 g/mol. The summed E-state index contributed by atoms with van der Waals surface area (Å²) in [5, 5.41) is 0. The standard InChI is InChI=1S/C19H22O/c1-3-14-20-19-11-6-5-10-18(19)13-12-17-9-7-8-16(4-2)15-17/h3,5-11,15H,1,4,12-14H2,2H3. The largest absolute Gasteiger partial charge is 0.489 e. The van der Waals surface area contributed by atoms with Crippen LogP contribution in [0.1, 0.15) is 23.6 Å². The van der Waals surface area contributed by atoms with Crippen LogP contribution >= 0.6 is 0 Å². The Morgan fingerprint density at radius 1 is 1.00 bits per heavy atom. The number of hydrogen-bond acceptors (Lipinski definition) is 1. The zero-order valence-electron chi connectivity index (χ0n) is 12.1. The Hall–Kier alpha value is -2.02. The van der Waals surface area contributed by atoms with E-state index in [2.05, 4.69) is 49.9 Å². The van der Waals surface area contributed by atoms with Gasteiger partial charge in [0.1, 0.15) is 12.4 Å². The maximum absolute atomic E-state index is 5.70. The van der Waals surface area contributed by atoms with Gasteiger partial charge in [-0.3, -0.25) is 0 Å². The summed E-state index contributed by atoms with van der Waals surface area (Å²) in [5.41, 5.74) is 4.05. The molecule has 0 saturated carbocycles. The molecule has 1 nitrogen and oxygen atoms in total. The van der Waals surface area contributed by atoms with E-state index in [9.17, 15) is 0 Å². The van der Waals surface area contributed by atoms with Crippen molar-refractivity contribution in [2.24, 2.45) is 0 Å². The molecule has 0 aliphatic rings. The van der Waals surface area contributed by atoms with Crippen LogP contribution in [0, 0.1) is 0 Å². The van der Waals surface area contributed by atoms with E-state index in [-0.39, 0.29) is 0 Å². The number of rotatable bonds is 7. The molecule has 0 N–H and O–H groups in total. The molecule has 0 saturated heterocycles. The van der Waals surface area contributed by atoms with Crippen LogP contribution < -0.4 is 4.74 Å². The minimum atomic E-state index is 0.558. The highest BCUT2D eigenvalue weighted by molar-refractivity contribution is 5.34. The van der Waals surface area contributed by atoms with Crippen LogP contribution in [0.3, 0.4) is 0 Å². The Morgan fingerprint density at radius 3 is 2.60 bits per heavy atom. The number of benzene rings is 2. The topological polar surface area (TPSA) is 9.23 Å². The number of para-hydroxylation sites is 1. The van der Waals surface area contributed by atoms with Crippen molar-refractivity contribution in [3.05, 3.63) is 77.9 Å². The fourth-order valence-corrected chi connectivity index (χ4v) is 2.28. The molecule has 2 rings (SSSR count). The molecule has 0 spiro atoms. The first-order valence-electron chi connectivity index (χ1n) is 7.23. The minimum Gasteiger partial charge on any atom is -0.489 e. The van der Waals surface area contributed by atoms with Gasteiger partial charge in [0.2, 0.25) is 0 Å². The van der Waals surface area contributed by atoms with Crippen LogP contribution in [0.25, 0.3) is 0 Å². The van der Waals surface area contributed by atoms with Crippen LogP contribution in [0.4, 0.5) is 0 Å². The number of hydrogen-bond donors (Lipinski definition) is 0. The second-order valence-electron chi connectivity index (χ2n) is 4.88. The second-order valence-corrected chi connectivity index (χ2v) is 4.88. The summed E-state index contributed by atoms with van der Waals surface area (Å²) >= 11 is 0. The Balaban J connectivity index is 2.04. The van der Waals surface area contributed by atoms with E-state index in [4.69, 9.17) is 4.74 Å². The molecule has 0 heterocycles. The Morgan fingerprint density at radius 2 is 1.80 bits per heavy atom. The molecule has 2 aromatic rings. The molecule has 0 aliphatic heterocycles. The van der Waals surface area contributed by atoms with Crippen LogP contribution in [0.2, 0.25) is 0 Å². The van der Waals surface area contributed by atoms with Gasteiger partial charge in [-0.25, -0.2) is 0 Å². The highest BCUT2D eigenvalue weighted by Crippen LogP contribution is 2.20. The summed E-state index contributed by atoms with van der Waals surface area (Å²) in [6, 6.07) is 17.1. The van der Waals surface area contributed by atoms with Crippen molar-refractivity contribution < 1.29 is 4.74 Å². The first kappa shape index (κ1) is 14.4. The van der Waals surface area contributed by atoms with Gasteiger partial charge in [0.15, 0.2) is 0 Å². The zero-order chi connectivity index (χ0) is 14.2. The van der Waals surface area contributed by atoms with Crippen LogP contribution in [-0.2, 0) is 19.3 Å². The Bertz CT molecular complexity index is 557. The maximum Gasteiger partial charge on any atom is 0.122 e. The Labute approximate surface area is 121 Å². The van der Waals surface area contributed by atoms with Crippen molar-refractivity contribution in [3.8, 4) is 5.75 Å². The highest BCUT2D eigenvalue weighted by Gasteiger charge is 2.03. The summed E-state index contributed by atoms with van der Waals surface area (Å²) < 4.78 is 5.70. The van der Waals surface area contributed by atoms with E-state index in [0.29, 0.717) is 6.61 Å². The van der Waals surface area contributed by atoms with E-state index in [1.54, 1.807) is 6.08 Å². The lowest BCUT2D eigenvalue weighted by atomic mass is 10.0. The van der Waals surface area contributed by atoms with Gasteiger partial charge in [-0.2, -0.15) is 0 Å². The van der Waals surface area contributed by atoms with E-state index >= 15 is 0 Å². The molecular formula is C19H22O. The highest BCUT2D eigenvalue weighted by atomic mass is 16.5. The van der Waals surface area contributed by atoms with Gasteiger partial charge in [-0.15, -0.1) is 0 Å². The van der Waals surface area contributed by atoms with Crippen molar-refractivity contribution in [1.82, 2.24) is 0 Å². The fraction of sp³-hybridized carbons (Fsp3) is 0.263. The average Bonchev–Trinajstić information content (AvgIpc) is 2.52. The summed E-state index contributed by atoms with van der Waals surface area (Å²) in [6.07, 6.45) is 4.91. The summed E-state index contributed by atoms with van der Waals surface area (Å²) in [4.78, 5) is 0. The molecule has 0 atom stereocenters. The predicted molar refractivity (Wildman–Crippen MR) is 85.4 cm³/mol. The zero-order valence-corrected chi connectivity index (χ0v) is 12.1. The summed E-state index contributed by atoms with van der Waals surface area (Å²) in [5.74, 6) is 0.971. The summed E-state index contributed by atoms with van der Waals surface area (Å²) in [6.45, 7) is 6.44. The molecule has 0 aromatic heterocycles. The molecular weight excluding hydrogens is 244 g/mol. The average molecular weight is 266 g/mol. The van der Waals surface area contributed by atoms with E-state index < -0.39 is 0 Å². The first-order valence-corrected chi connectivity index (χ1v) is 7.23. The lowest BCUT2D eigenvalue weighted by molar-refractivity contribution is 0.359. The van der Waals surface area contributed by atoms with Gasteiger partial charge >= 0.3 is 0 Å². The molecule has 20 heavy (non-hydrogen) atoms. The summed E-state index contributed by atoms with van der Waals surface area (Å²) in [7, 11) is 0. The van der Waals surface area contributed by atoms with Crippen molar-refractivity contribution in [3.63, 3.8) is 0 Å². The molecule has 0 unspecified atom stereocenters. The number of aryl methyl sites for hydroxylation is 3. The maximum atomic E-state index is 5.70. The normalized spacial score (nSPS) is 10.2. The molecule has 0 aliphatic carbocycles. The minimum absolute atomic E-state index is 0.558. The smallest absolute Gasteiger partial charge is 0.122 e. The molecule has 0 radical (unpaired) electrons. The van der Waals surface area contributed by atoms with E-state index in [0.717, 1.165) is 25.0 Å². The van der Waals surface area contributed by atoms with Crippen molar-refractivity contribution in [1.29, 1.82) is 0 Å². The van der Waals surface area contributed by atoms with Gasteiger partial charge in [-0.1, -0.05) is 62.0 Å². The van der Waals surface area contributed by atoms with Crippen molar-refractivity contribution in [2.45, 2.75) is 26.2 Å². The Kier molecular flexibility index (Phi) is 5.43. The molecule has 0 amide bonds. The van der Waals surface area contributed by atoms with E-state index in [1.807, 2.05) is 12.1 Å². The van der Waals surface area contributed by atoms with Crippen LogP contribution in [0.15, 0.2) is 61.2 Å². The third-order valence-electron chi connectivity index (χ3n) is 3.41. The van der Waals surface area contributed by atoms with Crippen molar-refractivity contribution >= 4 is 0 Å². The number of ether oxygens (including phenoxy) is 1. The molecule has 0 fully saturated rings. The molecule has 104 valence electrons. The van der Waals surface area contributed by atoms with Crippen LogP contribution in [-0.4, -0.2) is 6.61 Å². The van der Waals surface area contributed by atoms with Crippen molar-refractivity contribution in [2.75, 3.05) is 6.61 Å². The first-order chi connectivity index (χ1) is 9.83.